The number of aromatic nitrogens is 4. The van der Waals surface area contributed by atoms with Gasteiger partial charge in [0.05, 0.1) is 23.4 Å². The van der Waals surface area contributed by atoms with E-state index in [4.69, 9.17) is 0 Å². The highest BCUT2D eigenvalue weighted by atomic mass is 32.2. The van der Waals surface area contributed by atoms with Crippen LogP contribution in [0.1, 0.15) is 31.7 Å². The molecule has 0 spiro atoms. The van der Waals surface area contributed by atoms with E-state index in [1.165, 1.54) is 48.1 Å². The molecule has 0 radical (unpaired) electrons. The van der Waals surface area contributed by atoms with E-state index in [0.717, 1.165) is 18.4 Å². The summed E-state index contributed by atoms with van der Waals surface area (Å²) in [6.45, 7) is 0. The highest BCUT2D eigenvalue weighted by Gasteiger charge is 2.21. The maximum atomic E-state index is 13.2. The molecule has 4 aromatic rings. The van der Waals surface area contributed by atoms with E-state index < -0.39 is 0 Å². The van der Waals surface area contributed by atoms with Gasteiger partial charge in [0.2, 0.25) is 5.91 Å². The summed E-state index contributed by atoms with van der Waals surface area (Å²) in [6.07, 6.45) is 6.21. The fourth-order valence-corrected chi connectivity index (χ4v) is 5.67. The van der Waals surface area contributed by atoms with Gasteiger partial charge in [-0.05, 0) is 30.5 Å². The van der Waals surface area contributed by atoms with Crippen molar-refractivity contribution in [3.05, 3.63) is 58.1 Å². The SMILES string of the molecule is O=C(CSc1nc2scc(-c3ccc(F)cc3)c2c(=O)[nH]1)Nc1ccnn1C1CCCC1. The van der Waals surface area contributed by atoms with Crippen molar-refractivity contribution in [1.82, 2.24) is 19.7 Å². The summed E-state index contributed by atoms with van der Waals surface area (Å²) < 4.78 is 15.1. The van der Waals surface area contributed by atoms with Crippen LogP contribution in [0, 0.1) is 5.82 Å². The quantitative estimate of drug-likeness (QED) is 0.312. The number of hydrogen-bond donors (Lipinski definition) is 2. The minimum absolute atomic E-state index is 0.112. The lowest BCUT2D eigenvalue weighted by Crippen LogP contribution is -2.19. The van der Waals surface area contributed by atoms with Crippen LogP contribution in [-0.4, -0.2) is 31.4 Å². The Morgan fingerprint density at radius 3 is 2.81 bits per heavy atom. The number of benzene rings is 1. The maximum absolute atomic E-state index is 13.2. The Balaban J connectivity index is 1.29. The molecule has 1 aliphatic carbocycles. The Morgan fingerprint density at radius 1 is 1.25 bits per heavy atom. The minimum atomic E-state index is -0.330. The molecule has 0 atom stereocenters. The zero-order valence-corrected chi connectivity index (χ0v) is 18.6. The predicted octanol–water partition coefficient (Wildman–Crippen LogP) is 4.83. The molecule has 3 aromatic heterocycles. The summed E-state index contributed by atoms with van der Waals surface area (Å²) in [6, 6.07) is 8.14. The number of aromatic amines is 1. The first-order valence-electron chi connectivity index (χ1n) is 10.3. The van der Waals surface area contributed by atoms with Crippen LogP contribution >= 0.6 is 23.1 Å². The number of H-pyrrole nitrogens is 1. The first kappa shape index (κ1) is 20.9. The molecule has 0 bridgehead atoms. The van der Waals surface area contributed by atoms with Gasteiger partial charge in [0, 0.05) is 17.0 Å². The second-order valence-electron chi connectivity index (χ2n) is 7.64. The molecule has 7 nitrogen and oxygen atoms in total. The lowest BCUT2D eigenvalue weighted by Gasteiger charge is -2.14. The van der Waals surface area contributed by atoms with E-state index in [0.29, 0.717) is 32.8 Å². The van der Waals surface area contributed by atoms with Crippen LogP contribution in [0.5, 0.6) is 0 Å². The average Bonchev–Trinajstić information content (AvgIpc) is 3.53. The summed E-state index contributed by atoms with van der Waals surface area (Å²) in [5.41, 5.74) is 1.19. The summed E-state index contributed by atoms with van der Waals surface area (Å²) in [5, 5.41) is 9.97. The highest BCUT2D eigenvalue weighted by molar-refractivity contribution is 7.99. The van der Waals surface area contributed by atoms with Crippen molar-refractivity contribution in [2.45, 2.75) is 36.9 Å². The lowest BCUT2D eigenvalue weighted by molar-refractivity contribution is -0.113. The Kier molecular flexibility index (Phi) is 5.79. The molecule has 1 amide bonds. The Morgan fingerprint density at radius 2 is 2.03 bits per heavy atom. The molecular weight excluding hydrogens is 449 g/mol. The van der Waals surface area contributed by atoms with Gasteiger partial charge in [-0.15, -0.1) is 11.3 Å². The minimum Gasteiger partial charge on any atom is -0.310 e. The molecule has 2 N–H and O–H groups in total. The molecule has 1 saturated carbocycles. The van der Waals surface area contributed by atoms with E-state index in [9.17, 15) is 14.0 Å². The van der Waals surface area contributed by atoms with Crippen LogP contribution < -0.4 is 10.9 Å². The third-order valence-electron chi connectivity index (χ3n) is 5.53. The summed E-state index contributed by atoms with van der Waals surface area (Å²) in [4.78, 5) is 33.1. The van der Waals surface area contributed by atoms with Gasteiger partial charge in [-0.1, -0.05) is 36.7 Å². The molecule has 32 heavy (non-hydrogen) atoms. The number of hydrogen-bond acceptors (Lipinski definition) is 6. The summed E-state index contributed by atoms with van der Waals surface area (Å²) in [7, 11) is 0. The molecule has 10 heteroatoms. The van der Waals surface area contributed by atoms with Crippen LogP contribution in [-0.2, 0) is 4.79 Å². The molecule has 0 aliphatic heterocycles. The lowest BCUT2D eigenvalue weighted by atomic mass is 10.1. The number of anilines is 1. The smallest absolute Gasteiger partial charge is 0.260 e. The van der Waals surface area contributed by atoms with Gasteiger partial charge in [0.25, 0.3) is 5.56 Å². The van der Waals surface area contributed by atoms with Gasteiger partial charge in [-0.2, -0.15) is 5.10 Å². The van der Waals surface area contributed by atoms with Gasteiger partial charge >= 0.3 is 0 Å². The number of fused-ring (bicyclic) bond motifs is 1. The molecule has 1 fully saturated rings. The van der Waals surface area contributed by atoms with Gasteiger partial charge in [0.1, 0.15) is 16.5 Å². The second kappa shape index (κ2) is 8.87. The predicted molar refractivity (Wildman–Crippen MR) is 125 cm³/mol. The monoisotopic (exact) mass is 469 g/mol. The summed E-state index contributed by atoms with van der Waals surface area (Å²) in [5.74, 6) is 0.293. The van der Waals surface area contributed by atoms with Gasteiger partial charge < -0.3 is 10.3 Å². The van der Waals surface area contributed by atoms with E-state index in [-0.39, 0.29) is 23.0 Å². The van der Waals surface area contributed by atoms with E-state index >= 15 is 0 Å². The highest BCUT2D eigenvalue weighted by Crippen LogP contribution is 2.32. The number of thioether (sulfide) groups is 1. The number of thiophene rings is 1. The molecule has 0 saturated heterocycles. The van der Waals surface area contributed by atoms with Crippen LogP contribution in [0.15, 0.2) is 51.9 Å². The maximum Gasteiger partial charge on any atom is 0.260 e. The second-order valence-corrected chi connectivity index (χ2v) is 9.47. The topological polar surface area (TPSA) is 92.7 Å². The van der Waals surface area contributed by atoms with E-state index in [1.807, 2.05) is 10.1 Å². The normalized spacial score (nSPS) is 14.3. The van der Waals surface area contributed by atoms with Crippen LogP contribution in [0.2, 0.25) is 0 Å². The standard InChI is InChI=1S/C22H20FN5O2S2/c23-14-7-5-13(6-8-14)16-11-31-21-19(16)20(30)26-22(27-21)32-12-18(29)25-17-9-10-24-28(17)15-3-1-2-4-15/h5-11,15H,1-4,12H2,(H,25,29)(H,26,27,30). The van der Waals surface area contributed by atoms with Crippen molar-refractivity contribution in [1.29, 1.82) is 0 Å². The molecule has 0 unspecified atom stereocenters. The number of nitrogens with one attached hydrogen (secondary N) is 2. The van der Waals surface area contributed by atoms with Gasteiger partial charge in [-0.3, -0.25) is 9.59 Å². The fourth-order valence-electron chi connectivity index (χ4n) is 4.01. The zero-order valence-electron chi connectivity index (χ0n) is 17.0. The molecule has 1 aliphatic rings. The van der Waals surface area contributed by atoms with Gasteiger partial charge in [0.15, 0.2) is 5.16 Å². The van der Waals surface area contributed by atoms with Crippen molar-refractivity contribution >= 4 is 45.0 Å². The van der Waals surface area contributed by atoms with E-state index in [2.05, 4.69) is 20.4 Å². The number of amides is 1. The largest absolute Gasteiger partial charge is 0.310 e. The third-order valence-corrected chi connectivity index (χ3v) is 7.27. The number of carbonyl (C=O) groups is 1. The molecule has 5 rings (SSSR count). The van der Waals surface area contributed by atoms with Gasteiger partial charge in [-0.25, -0.2) is 14.1 Å². The first-order valence-corrected chi connectivity index (χ1v) is 12.2. The Hall–Kier alpha value is -2.98. The van der Waals surface area contributed by atoms with Crippen molar-refractivity contribution in [2.75, 3.05) is 11.1 Å². The van der Waals surface area contributed by atoms with Crippen LogP contribution in [0.3, 0.4) is 0 Å². The Bertz CT molecular complexity index is 1320. The molecule has 1 aromatic carbocycles. The van der Waals surface area contributed by atoms with Crippen molar-refractivity contribution in [3.63, 3.8) is 0 Å². The Labute approximate surface area is 191 Å². The average molecular weight is 470 g/mol. The third kappa shape index (κ3) is 4.20. The molecule has 164 valence electrons. The zero-order chi connectivity index (χ0) is 22.1. The van der Waals surface area contributed by atoms with Crippen molar-refractivity contribution in [2.24, 2.45) is 0 Å². The summed E-state index contributed by atoms with van der Waals surface area (Å²) >= 11 is 2.52. The number of rotatable bonds is 6. The number of halogens is 1. The van der Waals surface area contributed by atoms with E-state index in [1.54, 1.807) is 24.4 Å². The fraction of sp³-hybridized carbons (Fsp3) is 0.273. The first-order chi connectivity index (χ1) is 15.6. The van der Waals surface area contributed by atoms with Crippen molar-refractivity contribution < 1.29 is 9.18 Å². The molecular formula is C22H20FN5O2S2. The number of nitrogens with zero attached hydrogens (tertiary/aromatic N) is 3. The van der Waals surface area contributed by atoms with Crippen molar-refractivity contribution in [3.8, 4) is 11.1 Å². The number of carbonyl (C=O) groups excluding carboxylic acids is 1. The van der Waals surface area contributed by atoms with Crippen LogP contribution in [0.25, 0.3) is 21.3 Å². The van der Waals surface area contributed by atoms with Crippen LogP contribution in [0.4, 0.5) is 10.2 Å². The molecule has 3 heterocycles.